The lowest BCUT2D eigenvalue weighted by Gasteiger charge is -2.32. The van der Waals surface area contributed by atoms with Crippen molar-refractivity contribution < 1.29 is 28.5 Å². The van der Waals surface area contributed by atoms with Gasteiger partial charge in [-0.2, -0.15) is 0 Å². The van der Waals surface area contributed by atoms with E-state index in [1.54, 1.807) is 0 Å². The van der Waals surface area contributed by atoms with Gasteiger partial charge < -0.3 is 28.5 Å². The predicted octanol–water partition coefficient (Wildman–Crippen LogP) is 1.17. The number of hydrogen-bond acceptors (Lipinski definition) is 0. The molecule has 0 aromatic carbocycles. The van der Waals surface area contributed by atoms with Gasteiger partial charge in [0.15, 0.2) is 0 Å². The Labute approximate surface area is 126 Å². The maximum Gasteiger partial charge on any atom is 0.0998 e. The van der Waals surface area contributed by atoms with E-state index in [0.29, 0.717) is 0 Å². The number of quaternary nitrogens is 1. The summed E-state index contributed by atoms with van der Waals surface area (Å²) >= 11 is 0. The van der Waals surface area contributed by atoms with Gasteiger partial charge in [-0.1, -0.05) is 11.6 Å². The molecule has 17 heavy (non-hydrogen) atoms. The normalized spacial score (nSPS) is 12.2. The van der Waals surface area contributed by atoms with E-state index in [1.165, 1.54) is 43.6 Å². The first-order chi connectivity index (χ1) is 7.43. The van der Waals surface area contributed by atoms with E-state index < -0.39 is 0 Å². The summed E-state index contributed by atoms with van der Waals surface area (Å²) in [6.07, 6.45) is 6.02. The SMILES string of the molecule is C=C(C)CCCC=C(C)C[N+](C)(CC)CC.[I-]. The first-order valence-corrected chi connectivity index (χ1v) is 6.57. The third-order valence-corrected chi connectivity index (χ3v) is 3.46. The van der Waals surface area contributed by atoms with E-state index in [2.05, 4.69) is 47.4 Å². The molecule has 0 N–H and O–H groups in total. The summed E-state index contributed by atoms with van der Waals surface area (Å²) in [6.45, 7) is 16.5. The van der Waals surface area contributed by atoms with Gasteiger partial charge in [-0.15, -0.1) is 6.58 Å². The quantitative estimate of drug-likeness (QED) is 0.267. The van der Waals surface area contributed by atoms with Crippen LogP contribution in [0.4, 0.5) is 0 Å². The van der Waals surface area contributed by atoms with Gasteiger partial charge in [0.1, 0.15) is 0 Å². The second-order valence-corrected chi connectivity index (χ2v) is 5.31. The summed E-state index contributed by atoms with van der Waals surface area (Å²) in [5.41, 5.74) is 2.83. The predicted molar refractivity (Wildman–Crippen MR) is 74.6 cm³/mol. The van der Waals surface area contributed by atoms with Crippen LogP contribution in [0.25, 0.3) is 0 Å². The van der Waals surface area contributed by atoms with E-state index in [0.717, 1.165) is 10.9 Å². The van der Waals surface area contributed by atoms with Crippen molar-refractivity contribution in [1.29, 1.82) is 0 Å². The van der Waals surface area contributed by atoms with Crippen molar-refractivity contribution in [3.8, 4) is 0 Å². The Morgan fingerprint density at radius 3 is 2.12 bits per heavy atom. The lowest BCUT2D eigenvalue weighted by molar-refractivity contribution is -0.901. The highest BCUT2D eigenvalue weighted by molar-refractivity contribution is 4.99. The smallest absolute Gasteiger partial charge is 0.0998 e. The molecular weight excluding hydrogens is 321 g/mol. The summed E-state index contributed by atoms with van der Waals surface area (Å²) < 4.78 is 1.16. The van der Waals surface area contributed by atoms with E-state index in [-0.39, 0.29) is 24.0 Å². The molecule has 0 radical (unpaired) electrons. The number of halogens is 1. The van der Waals surface area contributed by atoms with Crippen LogP contribution >= 0.6 is 0 Å². The molecule has 0 aliphatic rings. The van der Waals surface area contributed by atoms with Crippen LogP contribution < -0.4 is 24.0 Å². The minimum Gasteiger partial charge on any atom is -1.00 e. The van der Waals surface area contributed by atoms with Crippen LogP contribution in [-0.4, -0.2) is 31.2 Å². The third-order valence-electron chi connectivity index (χ3n) is 3.46. The zero-order valence-corrected chi connectivity index (χ0v) is 14.5. The highest BCUT2D eigenvalue weighted by Crippen LogP contribution is 2.10. The first-order valence-electron chi connectivity index (χ1n) is 6.57. The Morgan fingerprint density at radius 2 is 1.71 bits per heavy atom. The van der Waals surface area contributed by atoms with Gasteiger partial charge in [-0.3, -0.25) is 0 Å². The van der Waals surface area contributed by atoms with Gasteiger partial charge in [0, 0.05) is 0 Å². The highest BCUT2D eigenvalue weighted by Gasteiger charge is 2.16. The van der Waals surface area contributed by atoms with Crippen molar-refractivity contribution in [1.82, 2.24) is 0 Å². The van der Waals surface area contributed by atoms with Crippen LogP contribution in [0.2, 0.25) is 0 Å². The second-order valence-electron chi connectivity index (χ2n) is 5.31. The molecule has 0 aromatic rings. The summed E-state index contributed by atoms with van der Waals surface area (Å²) in [4.78, 5) is 0. The van der Waals surface area contributed by atoms with Crippen LogP contribution in [0.5, 0.6) is 0 Å². The van der Waals surface area contributed by atoms with Crippen LogP contribution in [-0.2, 0) is 0 Å². The molecule has 2 heteroatoms. The van der Waals surface area contributed by atoms with Crippen LogP contribution in [0.15, 0.2) is 23.8 Å². The maximum absolute atomic E-state index is 3.93. The zero-order chi connectivity index (χ0) is 12.6. The Hall–Kier alpha value is 0.170. The Bertz CT molecular complexity index is 239. The fourth-order valence-electron chi connectivity index (χ4n) is 1.87. The highest BCUT2D eigenvalue weighted by atomic mass is 127. The van der Waals surface area contributed by atoms with Crippen molar-refractivity contribution in [2.24, 2.45) is 0 Å². The number of allylic oxidation sites excluding steroid dienone is 2. The van der Waals surface area contributed by atoms with Gasteiger partial charge in [0.05, 0.1) is 26.7 Å². The molecule has 0 rings (SSSR count). The third kappa shape index (κ3) is 9.83. The maximum atomic E-state index is 3.93. The molecule has 0 saturated carbocycles. The average Bonchev–Trinajstić information content (AvgIpc) is 2.24. The molecule has 102 valence electrons. The van der Waals surface area contributed by atoms with Crippen molar-refractivity contribution in [3.63, 3.8) is 0 Å². The fraction of sp³-hybridized carbons (Fsp3) is 0.733. The Morgan fingerprint density at radius 1 is 1.18 bits per heavy atom. The van der Waals surface area contributed by atoms with E-state index in [9.17, 15) is 0 Å². The molecule has 0 fully saturated rings. The molecule has 0 saturated heterocycles. The number of likely N-dealkylation sites (N-methyl/N-ethyl adjacent to an activating group) is 1. The molecule has 0 heterocycles. The number of hydrogen-bond donors (Lipinski definition) is 0. The van der Waals surface area contributed by atoms with Crippen molar-refractivity contribution in [2.75, 3.05) is 26.7 Å². The van der Waals surface area contributed by atoms with Crippen molar-refractivity contribution >= 4 is 0 Å². The minimum absolute atomic E-state index is 0. The molecule has 0 bridgehead atoms. The molecule has 0 aromatic heterocycles. The van der Waals surface area contributed by atoms with Gasteiger partial charge in [-0.05, 0) is 52.5 Å². The van der Waals surface area contributed by atoms with Crippen molar-refractivity contribution in [2.45, 2.75) is 47.0 Å². The largest absolute Gasteiger partial charge is 1.00 e. The van der Waals surface area contributed by atoms with Crippen LogP contribution in [0.3, 0.4) is 0 Å². The standard InChI is InChI=1S/C15H30N.HI/c1-7-16(6,8-2)13-15(5)12-10-9-11-14(3)4;/h12H,3,7-11,13H2,1-2,4-6H3;1H/q+1;/p-1. The average molecular weight is 351 g/mol. The topological polar surface area (TPSA) is 0 Å². The molecule has 0 atom stereocenters. The molecule has 0 aliphatic heterocycles. The number of rotatable bonds is 8. The summed E-state index contributed by atoms with van der Waals surface area (Å²) in [7, 11) is 2.34. The molecule has 0 spiro atoms. The second kappa shape index (κ2) is 10.1. The Kier molecular flexibility index (Phi) is 11.6. The molecule has 1 nitrogen and oxygen atoms in total. The van der Waals surface area contributed by atoms with E-state index in [4.69, 9.17) is 0 Å². The first kappa shape index (κ1) is 19.5. The van der Waals surface area contributed by atoms with Gasteiger partial charge in [0.25, 0.3) is 0 Å². The molecule has 0 unspecified atom stereocenters. The molecular formula is C15H30IN. The summed E-state index contributed by atoms with van der Waals surface area (Å²) in [5.74, 6) is 0. The fourth-order valence-corrected chi connectivity index (χ4v) is 1.87. The lowest BCUT2D eigenvalue weighted by atomic mass is 10.1. The Balaban J connectivity index is 0. The summed E-state index contributed by atoms with van der Waals surface area (Å²) in [5, 5.41) is 0. The van der Waals surface area contributed by atoms with Gasteiger partial charge in [-0.25, -0.2) is 0 Å². The van der Waals surface area contributed by atoms with E-state index >= 15 is 0 Å². The monoisotopic (exact) mass is 351 g/mol. The van der Waals surface area contributed by atoms with Crippen molar-refractivity contribution in [3.05, 3.63) is 23.8 Å². The summed E-state index contributed by atoms with van der Waals surface area (Å²) in [6, 6.07) is 0. The molecule has 0 amide bonds. The zero-order valence-electron chi connectivity index (χ0n) is 12.4. The van der Waals surface area contributed by atoms with Gasteiger partial charge in [0.2, 0.25) is 0 Å². The van der Waals surface area contributed by atoms with E-state index in [1.807, 2.05) is 0 Å². The number of unbranched alkanes of at least 4 members (excludes halogenated alkanes) is 1. The lowest BCUT2D eigenvalue weighted by Crippen LogP contribution is -3.00. The van der Waals surface area contributed by atoms with Gasteiger partial charge >= 0.3 is 0 Å². The van der Waals surface area contributed by atoms with Crippen LogP contribution in [0, 0.1) is 0 Å². The minimum atomic E-state index is 0. The molecule has 0 aliphatic carbocycles. The van der Waals surface area contributed by atoms with Crippen LogP contribution in [0.1, 0.15) is 47.0 Å². The number of nitrogens with zero attached hydrogens (tertiary/aromatic N) is 1.